The Bertz CT molecular complexity index is 347. The fourth-order valence-electron chi connectivity index (χ4n) is 1.98. The molecule has 1 rings (SSSR count). The molecule has 1 aromatic rings. The summed E-state index contributed by atoms with van der Waals surface area (Å²) in [5.41, 5.74) is 4.02. The summed E-state index contributed by atoms with van der Waals surface area (Å²) in [7, 11) is 2.16. The Labute approximate surface area is 106 Å². The lowest BCUT2D eigenvalue weighted by Crippen LogP contribution is -2.34. The monoisotopic (exact) mass is 234 g/mol. The molecule has 0 saturated heterocycles. The molecule has 0 bridgehead atoms. The molecule has 1 N–H and O–H groups in total. The van der Waals surface area contributed by atoms with Crippen molar-refractivity contribution in [2.75, 3.05) is 25.0 Å². The lowest BCUT2D eigenvalue weighted by molar-refractivity contribution is 0.537. The molecule has 2 nitrogen and oxygen atoms in total. The van der Waals surface area contributed by atoms with Gasteiger partial charge in [-0.1, -0.05) is 24.6 Å². The van der Waals surface area contributed by atoms with Crippen molar-refractivity contribution in [1.82, 2.24) is 5.32 Å². The topological polar surface area (TPSA) is 15.3 Å². The maximum absolute atomic E-state index is 3.52. The first-order chi connectivity index (χ1) is 8.04. The highest BCUT2D eigenvalue weighted by Gasteiger charge is 2.04. The predicted molar refractivity (Wildman–Crippen MR) is 76.9 cm³/mol. The molecule has 0 aromatic heterocycles. The summed E-state index contributed by atoms with van der Waals surface area (Å²) in [4.78, 5) is 2.32. The third-order valence-electron chi connectivity index (χ3n) is 3.32. The van der Waals surface area contributed by atoms with Crippen LogP contribution in [0.5, 0.6) is 0 Å². The zero-order valence-corrected chi connectivity index (χ0v) is 11.9. The molecule has 0 aliphatic carbocycles. The highest BCUT2D eigenvalue weighted by atomic mass is 15.1. The normalized spacial score (nSPS) is 12.5. The van der Waals surface area contributed by atoms with Gasteiger partial charge in [0.15, 0.2) is 0 Å². The van der Waals surface area contributed by atoms with E-state index in [4.69, 9.17) is 0 Å². The molecule has 0 radical (unpaired) electrons. The van der Waals surface area contributed by atoms with Crippen molar-refractivity contribution in [3.63, 3.8) is 0 Å². The van der Waals surface area contributed by atoms with Crippen LogP contribution in [-0.2, 0) is 0 Å². The van der Waals surface area contributed by atoms with Crippen LogP contribution in [0.3, 0.4) is 0 Å². The predicted octanol–water partition coefficient (Wildman–Crippen LogP) is 3.13. The third-order valence-corrected chi connectivity index (χ3v) is 3.32. The van der Waals surface area contributed by atoms with Gasteiger partial charge in [0.1, 0.15) is 0 Å². The standard InChI is InChI=1S/C15H26N2/c1-6-14(4)16-9-10-17(5)15-8-7-12(2)11-13(15)3/h7-8,11,14,16H,6,9-10H2,1-5H3. The van der Waals surface area contributed by atoms with Crippen LogP contribution in [-0.4, -0.2) is 26.2 Å². The second kappa shape index (κ2) is 6.65. The summed E-state index contributed by atoms with van der Waals surface area (Å²) in [6.45, 7) is 10.9. The fraction of sp³-hybridized carbons (Fsp3) is 0.600. The van der Waals surface area contributed by atoms with Gasteiger partial charge in [-0.15, -0.1) is 0 Å². The van der Waals surface area contributed by atoms with Gasteiger partial charge in [0.2, 0.25) is 0 Å². The summed E-state index contributed by atoms with van der Waals surface area (Å²) in [5.74, 6) is 0. The van der Waals surface area contributed by atoms with Crippen molar-refractivity contribution in [2.45, 2.75) is 40.2 Å². The van der Waals surface area contributed by atoms with Gasteiger partial charge in [0.25, 0.3) is 0 Å². The van der Waals surface area contributed by atoms with Crippen LogP contribution in [0, 0.1) is 13.8 Å². The van der Waals surface area contributed by atoms with Crippen molar-refractivity contribution in [3.8, 4) is 0 Å². The van der Waals surface area contributed by atoms with Crippen LogP contribution in [0.2, 0.25) is 0 Å². The Hall–Kier alpha value is -1.02. The van der Waals surface area contributed by atoms with E-state index in [2.05, 4.69) is 63.2 Å². The van der Waals surface area contributed by atoms with E-state index in [1.165, 1.54) is 23.2 Å². The van der Waals surface area contributed by atoms with E-state index in [0.29, 0.717) is 6.04 Å². The van der Waals surface area contributed by atoms with Gasteiger partial charge in [-0.2, -0.15) is 0 Å². The number of rotatable bonds is 6. The van der Waals surface area contributed by atoms with E-state index in [0.717, 1.165) is 13.1 Å². The van der Waals surface area contributed by atoms with Crippen molar-refractivity contribution in [2.24, 2.45) is 0 Å². The lowest BCUT2D eigenvalue weighted by atomic mass is 10.1. The number of nitrogens with one attached hydrogen (secondary N) is 1. The van der Waals surface area contributed by atoms with Crippen molar-refractivity contribution < 1.29 is 0 Å². The minimum absolute atomic E-state index is 0.613. The van der Waals surface area contributed by atoms with Crippen molar-refractivity contribution in [1.29, 1.82) is 0 Å². The van der Waals surface area contributed by atoms with Crippen LogP contribution in [0.1, 0.15) is 31.4 Å². The summed E-state index contributed by atoms with van der Waals surface area (Å²) >= 11 is 0. The second-order valence-electron chi connectivity index (χ2n) is 4.97. The summed E-state index contributed by atoms with van der Waals surface area (Å²) < 4.78 is 0. The molecule has 1 unspecified atom stereocenters. The molecule has 17 heavy (non-hydrogen) atoms. The smallest absolute Gasteiger partial charge is 0.0393 e. The van der Waals surface area contributed by atoms with Gasteiger partial charge in [0, 0.05) is 31.9 Å². The van der Waals surface area contributed by atoms with Crippen LogP contribution in [0.4, 0.5) is 5.69 Å². The van der Waals surface area contributed by atoms with Crippen LogP contribution < -0.4 is 10.2 Å². The van der Waals surface area contributed by atoms with Crippen LogP contribution in [0.25, 0.3) is 0 Å². The average molecular weight is 234 g/mol. The first-order valence-corrected chi connectivity index (χ1v) is 6.56. The molecule has 96 valence electrons. The molecule has 0 saturated carbocycles. The van der Waals surface area contributed by atoms with Gasteiger partial charge in [-0.05, 0) is 38.8 Å². The largest absolute Gasteiger partial charge is 0.373 e. The average Bonchev–Trinajstić information content (AvgIpc) is 2.28. The quantitative estimate of drug-likeness (QED) is 0.813. The Kier molecular flexibility index (Phi) is 5.49. The van der Waals surface area contributed by atoms with Crippen molar-refractivity contribution >= 4 is 5.69 Å². The summed E-state index contributed by atoms with van der Waals surface area (Å²) in [5, 5.41) is 3.52. The molecule has 0 heterocycles. The zero-order chi connectivity index (χ0) is 12.8. The Morgan fingerprint density at radius 2 is 2.00 bits per heavy atom. The number of likely N-dealkylation sites (N-methyl/N-ethyl adjacent to an activating group) is 1. The first-order valence-electron chi connectivity index (χ1n) is 6.56. The molecular weight excluding hydrogens is 208 g/mol. The minimum atomic E-state index is 0.613. The maximum atomic E-state index is 3.52. The zero-order valence-electron chi connectivity index (χ0n) is 11.9. The van der Waals surface area contributed by atoms with Gasteiger partial charge in [-0.25, -0.2) is 0 Å². The first kappa shape index (κ1) is 14.0. The number of aryl methyl sites for hydroxylation is 2. The van der Waals surface area contributed by atoms with E-state index < -0.39 is 0 Å². The highest BCUT2D eigenvalue weighted by Crippen LogP contribution is 2.19. The third kappa shape index (κ3) is 4.39. The molecule has 1 aromatic carbocycles. The molecular formula is C15H26N2. The molecule has 1 atom stereocenters. The van der Waals surface area contributed by atoms with E-state index in [-0.39, 0.29) is 0 Å². The Balaban J connectivity index is 2.49. The van der Waals surface area contributed by atoms with E-state index in [9.17, 15) is 0 Å². The van der Waals surface area contributed by atoms with E-state index in [1.54, 1.807) is 0 Å². The highest BCUT2D eigenvalue weighted by molar-refractivity contribution is 5.53. The SMILES string of the molecule is CCC(C)NCCN(C)c1ccc(C)cc1C. The van der Waals surface area contributed by atoms with Gasteiger partial charge in [-0.3, -0.25) is 0 Å². The number of nitrogens with zero attached hydrogens (tertiary/aromatic N) is 1. The van der Waals surface area contributed by atoms with E-state index in [1.807, 2.05) is 0 Å². The maximum Gasteiger partial charge on any atom is 0.0393 e. The van der Waals surface area contributed by atoms with Gasteiger partial charge in [0.05, 0.1) is 0 Å². The minimum Gasteiger partial charge on any atom is -0.373 e. The van der Waals surface area contributed by atoms with E-state index >= 15 is 0 Å². The number of benzene rings is 1. The number of hydrogen-bond donors (Lipinski definition) is 1. The van der Waals surface area contributed by atoms with Crippen molar-refractivity contribution in [3.05, 3.63) is 29.3 Å². The molecule has 0 spiro atoms. The summed E-state index contributed by atoms with van der Waals surface area (Å²) in [6, 6.07) is 7.26. The number of anilines is 1. The second-order valence-corrected chi connectivity index (χ2v) is 4.97. The molecule has 0 fully saturated rings. The van der Waals surface area contributed by atoms with Gasteiger partial charge < -0.3 is 10.2 Å². The van der Waals surface area contributed by atoms with Gasteiger partial charge >= 0.3 is 0 Å². The molecule has 0 aliphatic heterocycles. The molecule has 2 heteroatoms. The van der Waals surface area contributed by atoms with Crippen LogP contribution >= 0.6 is 0 Å². The fourth-order valence-corrected chi connectivity index (χ4v) is 1.98. The van der Waals surface area contributed by atoms with Crippen LogP contribution in [0.15, 0.2) is 18.2 Å². The lowest BCUT2D eigenvalue weighted by Gasteiger charge is -2.23. The summed E-state index contributed by atoms with van der Waals surface area (Å²) in [6.07, 6.45) is 1.19. The Morgan fingerprint density at radius 1 is 1.29 bits per heavy atom. The Morgan fingerprint density at radius 3 is 2.59 bits per heavy atom. The molecule has 0 aliphatic rings. The number of hydrogen-bond acceptors (Lipinski definition) is 2. The molecule has 0 amide bonds.